The normalized spacial score (nSPS) is 15.7. The van der Waals surface area contributed by atoms with Crippen LogP contribution in [0.2, 0.25) is 0 Å². The zero-order valence-corrected chi connectivity index (χ0v) is 12.0. The summed E-state index contributed by atoms with van der Waals surface area (Å²) in [7, 11) is 0. The van der Waals surface area contributed by atoms with Crippen LogP contribution in [0.25, 0.3) is 0 Å². The Kier molecular flexibility index (Phi) is 8.72. The Hall–Kier alpha value is -0.0800. The van der Waals surface area contributed by atoms with Crippen molar-refractivity contribution in [2.24, 2.45) is 0 Å². The molecule has 1 N–H and O–H groups in total. The maximum Gasteiger partial charge on any atom is 0.00964 e. The van der Waals surface area contributed by atoms with Crippen LogP contribution in [0.4, 0.5) is 0 Å². The van der Waals surface area contributed by atoms with Gasteiger partial charge in [-0.3, -0.25) is 0 Å². The van der Waals surface area contributed by atoms with Gasteiger partial charge >= 0.3 is 0 Å². The average Bonchev–Trinajstić information content (AvgIpc) is 3.16. The molecule has 0 aromatic rings. The van der Waals surface area contributed by atoms with E-state index in [-0.39, 0.29) is 0 Å². The monoisotopic (exact) mass is 240 g/mol. The Morgan fingerprint density at radius 1 is 0.882 bits per heavy atom. The molecule has 0 saturated heterocycles. The van der Waals surface area contributed by atoms with E-state index in [0.717, 1.165) is 6.04 Å². The van der Waals surface area contributed by atoms with Gasteiger partial charge in [-0.15, -0.1) is 0 Å². The van der Waals surface area contributed by atoms with Gasteiger partial charge < -0.3 is 10.2 Å². The number of nitrogens with zero attached hydrogens (tertiary/aromatic N) is 1. The van der Waals surface area contributed by atoms with Crippen molar-refractivity contribution in [1.82, 2.24) is 10.2 Å². The van der Waals surface area contributed by atoms with E-state index in [1.807, 2.05) is 0 Å². The SMILES string of the molecule is CCCCN(CCCCCNCCC)C1CC1. The summed E-state index contributed by atoms with van der Waals surface area (Å²) in [5.41, 5.74) is 0. The Morgan fingerprint density at radius 3 is 2.29 bits per heavy atom. The molecule has 0 amide bonds. The molecule has 102 valence electrons. The first-order valence-electron chi connectivity index (χ1n) is 7.83. The third kappa shape index (κ3) is 7.77. The Balaban J connectivity index is 1.91. The minimum Gasteiger partial charge on any atom is -0.317 e. The van der Waals surface area contributed by atoms with Gasteiger partial charge in [0.2, 0.25) is 0 Å². The number of unbranched alkanes of at least 4 members (excludes halogenated alkanes) is 3. The van der Waals surface area contributed by atoms with Gasteiger partial charge in [-0.1, -0.05) is 26.7 Å². The third-order valence-electron chi connectivity index (χ3n) is 3.59. The van der Waals surface area contributed by atoms with Gasteiger partial charge in [-0.05, 0) is 64.7 Å². The first-order chi connectivity index (χ1) is 8.38. The Bertz CT molecular complexity index is 166. The predicted octanol–water partition coefficient (Wildman–Crippen LogP) is 3.42. The smallest absolute Gasteiger partial charge is 0.00964 e. The second kappa shape index (κ2) is 9.90. The lowest BCUT2D eigenvalue weighted by molar-refractivity contribution is 0.253. The lowest BCUT2D eigenvalue weighted by atomic mass is 10.2. The Labute approximate surface area is 108 Å². The lowest BCUT2D eigenvalue weighted by Gasteiger charge is -2.21. The molecule has 0 spiro atoms. The molecule has 0 aromatic heterocycles. The van der Waals surface area contributed by atoms with Crippen LogP contribution in [0, 0.1) is 0 Å². The fourth-order valence-electron chi connectivity index (χ4n) is 2.32. The molecule has 0 bridgehead atoms. The fraction of sp³-hybridized carbons (Fsp3) is 1.00. The zero-order valence-electron chi connectivity index (χ0n) is 12.0. The summed E-state index contributed by atoms with van der Waals surface area (Å²) in [5, 5.41) is 3.48. The highest BCUT2D eigenvalue weighted by Crippen LogP contribution is 2.27. The molecule has 0 atom stereocenters. The molecule has 0 unspecified atom stereocenters. The molecule has 1 aliphatic carbocycles. The van der Waals surface area contributed by atoms with Gasteiger partial charge in [-0.2, -0.15) is 0 Å². The number of nitrogens with one attached hydrogen (secondary N) is 1. The summed E-state index contributed by atoms with van der Waals surface area (Å²) in [5.74, 6) is 0. The van der Waals surface area contributed by atoms with E-state index >= 15 is 0 Å². The molecule has 0 aliphatic heterocycles. The van der Waals surface area contributed by atoms with Crippen LogP contribution in [-0.4, -0.2) is 37.1 Å². The summed E-state index contributed by atoms with van der Waals surface area (Å²) in [6.07, 6.45) is 11.0. The van der Waals surface area contributed by atoms with Crippen LogP contribution in [-0.2, 0) is 0 Å². The minimum atomic E-state index is 0.958. The summed E-state index contributed by atoms with van der Waals surface area (Å²) in [4.78, 5) is 2.74. The molecule has 17 heavy (non-hydrogen) atoms. The molecule has 0 heterocycles. The van der Waals surface area contributed by atoms with E-state index in [4.69, 9.17) is 0 Å². The van der Waals surface area contributed by atoms with Crippen LogP contribution >= 0.6 is 0 Å². The van der Waals surface area contributed by atoms with Gasteiger partial charge in [-0.25, -0.2) is 0 Å². The van der Waals surface area contributed by atoms with E-state index in [1.165, 1.54) is 77.5 Å². The van der Waals surface area contributed by atoms with Crippen molar-refractivity contribution in [2.75, 3.05) is 26.2 Å². The van der Waals surface area contributed by atoms with Crippen molar-refractivity contribution in [3.63, 3.8) is 0 Å². The fourth-order valence-corrected chi connectivity index (χ4v) is 2.32. The maximum atomic E-state index is 3.48. The highest BCUT2D eigenvalue weighted by molar-refractivity contribution is 4.84. The van der Waals surface area contributed by atoms with Gasteiger partial charge in [0.05, 0.1) is 0 Å². The van der Waals surface area contributed by atoms with Crippen molar-refractivity contribution in [3.8, 4) is 0 Å². The molecular weight excluding hydrogens is 208 g/mol. The second-order valence-corrected chi connectivity index (χ2v) is 5.43. The van der Waals surface area contributed by atoms with Crippen molar-refractivity contribution in [2.45, 2.75) is 71.3 Å². The lowest BCUT2D eigenvalue weighted by Crippen LogP contribution is -2.28. The molecule has 2 nitrogen and oxygen atoms in total. The molecule has 1 rings (SSSR count). The number of rotatable bonds is 12. The molecule has 1 aliphatic rings. The quantitative estimate of drug-likeness (QED) is 0.526. The van der Waals surface area contributed by atoms with Crippen LogP contribution in [0.1, 0.15) is 65.2 Å². The first-order valence-corrected chi connectivity index (χ1v) is 7.83. The van der Waals surface area contributed by atoms with E-state index in [2.05, 4.69) is 24.1 Å². The molecule has 1 fully saturated rings. The van der Waals surface area contributed by atoms with Crippen molar-refractivity contribution in [3.05, 3.63) is 0 Å². The topological polar surface area (TPSA) is 15.3 Å². The zero-order chi connectivity index (χ0) is 12.3. The van der Waals surface area contributed by atoms with Crippen molar-refractivity contribution in [1.29, 1.82) is 0 Å². The van der Waals surface area contributed by atoms with Crippen LogP contribution in [0.3, 0.4) is 0 Å². The van der Waals surface area contributed by atoms with E-state index in [1.54, 1.807) is 0 Å². The molecule has 0 aromatic carbocycles. The average molecular weight is 240 g/mol. The van der Waals surface area contributed by atoms with Crippen LogP contribution in [0.5, 0.6) is 0 Å². The Morgan fingerprint density at radius 2 is 1.65 bits per heavy atom. The summed E-state index contributed by atoms with van der Waals surface area (Å²) >= 11 is 0. The highest BCUT2D eigenvalue weighted by Gasteiger charge is 2.27. The van der Waals surface area contributed by atoms with Crippen molar-refractivity contribution >= 4 is 0 Å². The van der Waals surface area contributed by atoms with Gasteiger partial charge in [0.25, 0.3) is 0 Å². The number of hydrogen-bond acceptors (Lipinski definition) is 2. The van der Waals surface area contributed by atoms with Crippen molar-refractivity contribution < 1.29 is 0 Å². The largest absolute Gasteiger partial charge is 0.317 e. The summed E-state index contributed by atoms with van der Waals surface area (Å²) in [6, 6.07) is 0.958. The summed E-state index contributed by atoms with van der Waals surface area (Å²) < 4.78 is 0. The second-order valence-electron chi connectivity index (χ2n) is 5.43. The first kappa shape index (κ1) is 15.0. The third-order valence-corrected chi connectivity index (χ3v) is 3.59. The predicted molar refractivity (Wildman–Crippen MR) is 76.5 cm³/mol. The van der Waals surface area contributed by atoms with E-state index in [0.29, 0.717) is 0 Å². The summed E-state index contributed by atoms with van der Waals surface area (Å²) in [6.45, 7) is 9.61. The molecule has 1 saturated carbocycles. The van der Waals surface area contributed by atoms with Gasteiger partial charge in [0.1, 0.15) is 0 Å². The van der Waals surface area contributed by atoms with E-state index < -0.39 is 0 Å². The van der Waals surface area contributed by atoms with E-state index in [9.17, 15) is 0 Å². The minimum absolute atomic E-state index is 0.958. The molecular formula is C15H32N2. The molecule has 2 heteroatoms. The molecule has 0 radical (unpaired) electrons. The van der Waals surface area contributed by atoms with Gasteiger partial charge in [0, 0.05) is 6.04 Å². The highest BCUT2D eigenvalue weighted by atomic mass is 15.2. The van der Waals surface area contributed by atoms with Crippen LogP contribution < -0.4 is 5.32 Å². The maximum absolute atomic E-state index is 3.48. The number of hydrogen-bond donors (Lipinski definition) is 1. The van der Waals surface area contributed by atoms with Crippen LogP contribution in [0.15, 0.2) is 0 Å². The standard InChI is InChI=1S/C15H32N2/c1-3-5-13-17(15-9-10-15)14-8-6-7-12-16-11-4-2/h15-16H,3-14H2,1-2H3. The van der Waals surface area contributed by atoms with Gasteiger partial charge in [0.15, 0.2) is 0 Å².